The first kappa shape index (κ1) is 19.3. The third-order valence-corrected chi connectivity index (χ3v) is 5.08. The molecule has 3 heterocycles. The van der Waals surface area contributed by atoms with E-state index >= 15 is 0 Å². The van der Waals surface area contributed by atoms with E-state index in [-0.39, 0.29) is 29.4 Å². The van der Waals surface area contributed by atoms with Crippen LogP contribution in [0.1, 0.15) is 48.1 Å². The van der Waals surface area contributed by atoms with Crippen LogP contribution in [0.25, 0.3) is 5.69 Å². The van der Waals surface area contributed by atoms with Crippen molar-refractivity contribution in [3.8, 4) is 5.69 Å². The quantitative estimate of drug-likeness (QED) is 0.729. The van der Waals surface area contributed by atoms with Gasteiger partial charge in [0, 0.05) is 45.0 Å². The van der Waals surface area contributed by atoms with Crippen molar-refractivity contribution in [2.75, 3.05) is 19.6 Å². The average Bonchev–Trinajstić information content (AvgIpc) is 3.34. The lowest BCUT2D eigenvalue weighted by molar-refractivity contribution is 0.0608. The zero-order valence-corrected chi connectivity index (χ0v) is 16.7. The van der Waals surface area contributed by atoms with Gasteiger partial charge in [0.25, 0.3) is 5.91 Å². The van der Waals surface area contributed by atoms with Gasteiger partial charge in [-0.2, -0.15) is 0 Å². The Balaban J connectivity index is 1.72. The highest BCUT2D eigenvalue weighted by atomic mass is 19.1. The van der Waals surface area contributed by atoms with E-state index in [0.29, 0.717) is 25.5 Å². The van der Waals surface area contributed by atoms with Crippen LogP contribution in [0, 0.1) is 5.82 Å². The summed E-state index contributed by atoms with van der Waals surface area (Å²) < 4.78 is 17.7. The molecule has 4 rings (SSSR count). The molecule has 9 heteroatoms. The van der Waals surface area contributed by atoms with Gasteiger partial charge in [-0.15, -0.1) is 5.10 Å². The van der Waals surface area contributed by atoms with Gasteiger partial charge in [-0.1, -0.05) is 26.0 Å². The van der Waals surface area contributed by atoms with Crippen molar-refractivity contribution < 1.29 is 9.18 Å². The number of nitrogens with zero attached hydrogens (tertiary/aromatic N) is 6. The van der Waals surface area contributed by atoms with E-state index in [0.717, 1.165) is 5.82 Å². The minimum absolute atomic E-state index is 0.0305. The molecule has 1 aliphatic heterocycles. The van der Waals surface area contributed by atoms with E-state index in [1.165, 1.54) is 10.7 Å². The summed E-state index contributed by atoms with van der Waals surface area (Å²) in [6.45, 7) is 5.68. The molecule has 1 aromatic carbocycles. The van der Waals surface area contributed by atoms with Gasteiger partial charge in [-0.05, 0) is 12.1 Å². The van der Waals surface area contributed by atoms with Crippen LogP contribution in [0.4, 0.5) is 4.39 Å². The zero-order chi connectivity index (χ0) is 20.5. The molecule has 1 unspecified atom stereocenters. The molecule has 1 atom stereocenters. The fourth-order valence-corrected chi connectivity index (χ4v) is 3.59. The molecule has 8 nitrogen and oxygen atoms in total. The topological polar surface area (TPSA) is 80.9 Å². The Labute approximate surface area is 168 Å². The number of imidazole rings is 1. The maximum atomic E-state index is 14.4. The lowest BCUT2D eigenvalue weighted by Crippen LogP contribution is -2.49. The first-order chi connectivity index (χ1) is 14.0. The molecule has 0 saturated carbocycles. The molecule has 29 heavy (non-hydrogen) atoms. The number of halogens is 1. The van der Waals surface area contributed by atoms with Crippen LogP contribution >= 0.6 is 0 Å². The molecule has 0 radical (unpaired) electrons. The second-order valence-corrected chi connectivity index (χ2v) is 7.43. The summed E-state index contributed by atoms with van der Waals surface area (Å²) in [5.74, 6) is 0.684. The number of nitrogens with one attached hydrogen (secondary N) is 1. The van der Waals surface area contributed by atoms with Crippen molar-refractivity contribution in [2.45, 2.75) is 25.8 Å². The summed E-state index contributed by atoms with van der Waals surface area (Å²) >= 11 is 0. The fourth-order valence-electron chi connectivity index (χ4n) is 3.59. The largest absolute Gasteiger partial charge is 0.336 e. The number of hydrogen-bond acceptors (Lipinski definition) is 5. The molecular formula is C20H24FN7O. The predicted octanol–water partition coefficient (Wildman–Crippen LogP) is 2.05. The van der Waals surface area contributed by atoms with Crippen molar-refractivity contribution in [2.24, 2.45) is 7.05 Å². The monoisotopic (exact) mass is 397 g/mol. The van der Waals surface area contributed by atoms with Gasteiger partial charge in [0.1, 0.15) is 29.2 Å². The van der Waals surface area contributed by atoms with Gasteiger partial charge in [-0.25, -0.2) is 19.0 Å². The van der Waals surface area contributed by atoms with Gasteiger partial charge in [0.05, 0.1) is 0 Å². The van der Waals surface area contributed by atoms with E-state index in [9.17, 15) is 9.18 Å². The Morgan fingerprint density at radius 2 is 2.10 bits per heavy atom. The second kappa shape index (κ2) is 7.75. The van der Waals surface area contributed by atoms with E-state index in [1.54, 1.807) is 29.3 Å². The lowest BCUT2D eigenvalue weighted by atomic mass is 10.1. The molecule has 0 spiro atoms. The van der Waals surface area contributed by atoms with Gasteiger partial charge >= 0.3 is 0 Å². The summed E-state index contributed by atoms with van der Waals surface area (Å²) in [5, 5.41) is 7.71. The van der Waals surface area contributed by atoms with Crippen LogP contribution < -0.4 is 5.32 Å². The number of rotatable bonds is 4. The number of benzene rings is 1. The first-order valence-corrected chi connectivity index (χ1v) is 9.68. The van der Waals surface area contributed by atoms with Crippen molar-refractivity contribution >= 4 is 5.91 Å². The minimum atomic E-state index is -0.411. The maximum absolute atomic E-state index is 14.4. The molecule has 152 valence electrons. The number of carbonyl (C=O) groups is 1. The van der Waals surface area contributed by atoms with Gasteiger partial charge in [0.2, 0.25) is 5.82 Å². The van der Waals surface area contributed by atoms with Crippen molar-refractivity contribution in [3.63, 3.8) is 0 Å². The SMILES string of the molecule is CC(C)c1nc(C(=O)N2CCNCC2c2nccn2C)nn1-c1ccccc1F. The van der Waals surface area contributed by atoms with Crippen LogP contribution in [-0.2, 0) is 7.05 Å². The second-order valence-electron chi connectivity index (χ2n) is 7.43. The van der Waals surface area contributed by atoms with Crippen LogP contribution in [0.3, 0.4) is 0 Å². The first-order valence-electron chi connectivity index (χ1n) is 9.68. The lowest BCUT2D eigenvalue weighted by Gasteiger charge is -2.35. The molecule has 0 bridgehead atoms. The van der Waals surface area contributed by atoms with E-state index in [4.69, 9.17) is 0 Å². The number of hydrogen-bond donors (Lipinski definition) is 1. The summed E-state index contributed by atoms with van der Waals surface area (Å²) in [6, 6.07) is 6.13. The van der Waals surface area contributed by atoms with Gasteiger partial charge in [0.15, 0.2) is 0 Å². The molecule has 2 aromatic heterocycles. The summed E-state index contributed by atoms with van der Waals surface area (Å²) in [4.78, 5) is 24.0. The average molecular weight is 397 g/mol. The third-order valence-electron chi connectivity index (χ3n) is 5.08. The normalized spacial score (nSPS) is 17.1. The number of aromatic nitrogens is 5. The highest BCUT2D eigenvalue weighted by molar-refractivity contribution is 5.91. The Kier molecular flexibility index (Phi) is 5.14. The summed E-state index contributed by atoms with van der Waals surface area (Å²) in [5.41, 5.74) is 0.281. The fraction of sp³-hybridized carbons (Fsp3) is 0.400. The molecule has 1 aliphatic rings. The van der Waals surface area contributed by atoms with Crippen molar-refractivity contribution in [3.05, 3.63) is 59.9 Å². The zero-order valence-electron chi connectivity index (χ0n) is 16.7. The molecule has 1 N–H and O–H groups in total. The smallest absolute Gasteiger partial charge is 0.294 e. The van der Waals surface area contributed by atoms with E-state index in [1.807, 2.05) is 31.7 Å². The van der Waals surface area contributed by atoms with Crippen LogP contribution in [0.5, 0.6) is 0 Å². The Hall–Kier alpha value is -3.07. The Morgan fingerprint density at radius 1 is 1.31 bits per heavy atom. The minimum Gasteiger partial charge on any atom is -0.336 e. The number of amides is 1. The number of piperazine rings is 1. The van der Waals surface area contributed by atoms with Gasteiger partial charge in [-0.3, -0.25) is 4.79 Å². The predicted molar refractivity (Wildman–Crippen MR) is 105 cm³/mol. The Morgan fingerprint density at radius 3 is 2.79 bits per heavy atom. The number of para-hydroxylation sites is 1. The molecule has 0 aliphatic carbocycles. The van der Waals surface area contributed by atoms with E-state index < -0.39 is 5.82 Å². The Bertz CT molecular complexity index is 1030. The molecular weight excluding hydrogens is 373 g/mol. The standard InChI is InChI=1S/C20H24FN7O/c1-13(2)18-24-17(25-28(18)15-7-5-4-6-14(15)21)20(29)27-11-8-22-12-16(27)19-23-9-10-26(19)3/h4-7,9-10,13,16,22H,8,11-12H2,1-3H3. The molecule has 1 fully saturated rings. The van der Waals surface area contributed by atoms with Crippen molar-refractivity contribution in [1.29, 1.82) is 0 Å². The number of aryl methyl sites for hydroxylation is 1. The maximum Gasteiger partial charge on any atom is 0.294 e. The third kappa shape index (κ3) is 3.53. The molecule has 1 amide bonds. The van der Waals surface area contributed by atoms with Gasteiger partial charge < -0.3 is 14.8 Å². The molecule has 3 aromatic rings. The molecule has 1 saturated heterocycles. The summed E-state index contributed by atoms with van der Waals surface area (Å²) in [7, 11) is 1.90. The number of carbonyl (C=O) groups excluding carboxylic acids is 1. The van der Waals surface area contributed by atoms with Crippen LogP contribution in [0.15, 0.2) is 36.7 Å². The van der Waals surface area contributed by atoms with Crippen LogP contribution in [-0.4, -0.2) is 54.8 Å². The van der Waals surface area contributed by atoms with E-state index in [2.05, 4.69) is 20.4 Å². The highest BCUT2D eigenvalue weighted by Gasteiger charge is 2.33. The van der Waals surface area contributed by atoms with Crippen molar-refractivity contribution in [1.82, 2.24) is 34.5 Å². The summed E-state index contributed by atoms with van der Waals surface area (Å²) in [6.07, 6.45) is 3.57. The highest BCUT2D eigenvalue weighted by Crippen LogP contribution is 2.24. The van der Waals surface area contributed by atoms with Crippen LogP contribution in [0.2, 0.25) is 0 Å².